The lowest BCUT2D eigenvalue weighted by Gasteiger charge is -2.10. The van der Waals surface area contributed by atoms with Crippen LogP contribution in [0, 0.1) is 13.8 Å². The number of nitrogens with zero attached hydrogens (tertiary/aromatic N) is 2. The Kier molecular flexibility index (Phi) is 5.41. The van der Waals surface area contributed by atoms with Crippen molar-refractivity contribution in [1.29, 1.82) is 0 Å². The Morgan fingerprint density at radius 1 is 1.04 bits per heavy atom. The molecule has 140 valence electrons. The first-order valence-corrected chi connectivity index (χ1v) is 10.6. The van der Waals surface area contributed by atoms with E-state index in [0.29, 0.717) is 12.1 Å². The van der Waals surface area contributed by atoms with Crippen LogP contribution in [0.1, 0.15) is 26.4 Å². The largest absolute Gasteiger partial charge is 0.348 e. The lowest BCUT2D eigenvalue weighted by molar-refractivity contribution is 0.0948. The zero-order valence-corrected chi connectivity index (χ0v) is 17.2. The van der Waals surface area contributed by atoms with E-state index in [1.54, 1.807) is 17.7 Å². The number of carbonyl (C=O) groups excluding carboxylic acids is 1. The number of thiophene rings is 1. The fourth-order valence-corrected chi connectivity index (χ4v) is 5.09. The van der Waals surface area contributed by atoms with Gasteiger partial charge < -0.3 is 5.32 Å². The van der Waals surface area contributed by atoms with Gasteiger partial charge in [-0.15, -0.1) is 11.3 Å². The molecule has 0 aliphatic carbocycles. The second-order valence-electron chi connectivity index (χ2n) is 6.41. The molecule has 0 bridgehead atoms. The second kappa shape index (κ2) is 8.12. The van der Waals surface area contributed by atoms with Crippen LogP contribution in [0.3, 0.4) is 0 Å². The Balaban J connectivity index is 1.61. The third kappa shape index (κ3) is 3.79. The van der Waals surface area contributed by atoms with Crippen molar-refractivity contribution >= 4 is 39.2 Å². The fraction of sp³-hybridized carbons (Fsp3) is 0.136. The van der Waals surface area contributed by atoms with E-state index in [1.165, 1.54) is 22.2 Å². The van der Waals surface area contributed by atoms with E-state index in [2.05, 4.69) is 29.1 Å². The summed E-state index contributed by atoms with van der Waals surface area (Å²) in [5, 5.41) is 4.97. The second-order valence-corrected chi connectivity index (χ2v) is 8.64. The molecule has 0 radical (unpaired) electrons. The van der Waals surface area contributed by atoms with Crippen LogP contribution in [-0.4, -0.2) is 15.9 Å². The number of carbonyl (C=O) groups is 1. The van der Waals surface area contributed by atoms with Gasteiger partial charge >= 0.3 is 0 Å². The molecule has 0 saturated heterocycles. The van der Waals surface area contributed by atoms with Crippen molar-refractivity contribution in [3.05, 3.63) is 82.5 Å². The Morgan fingerprint density at radius 2 is 1.79 bits per heavy atom. The molecule has 4 aromatic rings. The van der Waals surface area contributed by atoms with Gasteiger partial charge in [0.1, 0.15) is 16.2 Å². The number of benzene rings is 2. The highest BCUT2D eigenvalue weighted by molar-refractivity contribution is 7.99. The highest BCUT2D eigenvalue weighted by Gasteiger charge is 2.16. The van der Waals surface area contributed by atoms with E-state index < -0.39 is 0 Å². The van der Waals surface area contributed by atoms with Gasteiger partial charge in [-0.3, -0.25) is 4.79 Å². The number of amides is 1. The minimum atomic E-state index is -0.0875. The number of hydrogen-bond acceptors (Lipinski definition) is 5. The SMILES string of the molecule is Cc1sc2ncnc(Sc3ccccc3C(=O)NCc3ccccc3)c2c1C. The quantitative estimate of drug-likeness (QED) is 0.452. The standard InChI is InChI=1S/C22H19N3OS2/c1-14-15(2)27-21-19(14)22(25-13-24-21)28-18-11-7-6-10-17(18)20(26)23-12-16-8-4-3-5-9-16/h3-11,13H,12H2,1-2H3,(H,23,26). The normalized spacial score (nSPS) is 10.9. The third-order valence-corrected chi connectivity index (χ3v) is 6.76. The van der Waals surface area contributed by atoms with Gasteiger partial charge in [-0.25, -0.2) is 9.97 Å². The maximum atomic E-state index is 12.8. The van der Waals surface area contributed by atoms with Crippen LogP contribution >= 0.6 is 23.1 Å². The molecule has 2 heterocycles. The average Bonchev–Trinajstić information content (AvgIpc) is 3.02. The van der Waals surface area contributed by atoms with Gasteiger partial charge in [-0.05, 0) is 37.1 Å². The first-order chi connectivity index (χ1) is 13.6. The molecule has 0 unspecified atom stereocenters. The number of hydrogen-bond donors (Lipinski definition) is 1. The van der Waals surface area contributed by atoms with Gasteiger partial charge in [-0.1, -0.05) is 54.2 Å². The van der Waals surface area contributed by atoms with Gasteiger partial charge in [0.2, 0.25) is 0 Å². The van der Waals surface area contributed by atoms with Crippen LogP contribution in [0.4, 0.5) is 0 Å². The molecule has 4 rings (SSSR count). The molecule has 1 amide bonds. The summed E-state index contributed by atoms with van der Waals surface area (Å²) in [7, 11) is 0. The zero-order valence-electron chi connectivity index (χ0n) is 15.6. The van der Waals surface area contributed by atoms with Crippen molar-refractivity contribution in [2.75, 3.05) is 0 Å². The van der Waals surface area contributed by atoms with Crippen molar-refractivity contribution < 1.29 is 4.79 Å². The molecule has 0 saturated carbocycles. The first kappa shape index (κ1) is 18.7. The molecule has 0 aliphatic rings. The van der Waals surface area contributed by atoms with Crippen LogP contribution in [0.5, 0.6) is 0 Å². The minimum Gasteiger partial charge on any atom is -0.348 e. The molecule has 28 heavy (non-hydrogen) atoms. The van der Waals surface area contributed by atoms with Gasteiger partial charge in [0.15, 0.2) is 0 Å². The van der Waals surface area contributed by atoms with E-state index in [1.807, 2.05) is 54.6 Å². The summed E-state index contributed by atoms with van der Waals surface area (Å²) in [6.07, 6.45) is 1.60. The van der Waals surface area contributed by atoms with Crippen LogP contribution in [0.15, 0.2) is 70.8 Å². The first-order valence-electron chi connectivity index (χ1n) is 8.93. The molecule has 2 aromatic heterocycles. The Morgan fingerprint density at radius 3 is 2.61 bits per heavy atom. The van der Waals surface area contributed by atoms with Crippen molar-refractivity contribution in [2.45, 2.75) is 30.3 Å². The minimum absolute atomic E-state index is 0.0875. The predicted octanol–water partition coefficient (Wildman–Crippen LogP) is 5.39. The summed E-state index contributed by atoms with van der Waals surface area (Å²) in [5.74, 6) is -0.0875. The summed E-state index contributed by atoms with van der Waals surface area (Å²) < 4.78 is 0. The Hall–Kier alpha value is -2.70. The predicted molar refractivity (Wildman–Crippen MR) is 115 cm³/mol. The van der Waals surface area contributed by atoms with Crippen LogP contribution < -0.4 is 5.32 Å². The van der Waals surface area contributed by atoms with Crippen molar-refractivity contribution in [3.8, 4) is 0 Å². The van der Waals surface area contributed by atoms with Crippen molar-refractivity contribution in [1.82, 2.24) is 15.3 Å². The summed E-state index contributed by atoms with van der Waals surface area (Å²) in [4.78, 5) is 24.8. The number of aryl methyl sites for hydroxylation is 2. The van der Waals surface area contributed by atoms with E-state index >= 15 is 0 Å². The number of aromatic nitrogens is 2. The lowest BCUT2D eigenvalue weighted by Crippen LogP contribution is -2.23. The molecule has 2 aromatic carbocycles. The maximum absolute atomic E-state index is 12.8. The summed E-state index contributed by atoms with van der Waals surface area (Å²) in [6.45, 7) is 4.69. The molecule has 0 atom stereocenters. The molecule has 0 spiro atoms. The van der Waals surface area contributed by atoms with E-state index in [0.717, 1.165) is 25.7 Å². The van der Waals surface area contributed by atoms with Crippen molar-refractivity contribution in [2.24, 2.45) is 0 Å². The fourth-order valence-electron chi connectivity index (χ4n) is 2.95. The van der Waals surface area contributed by atoms with Gasteiger partial charge in [0, 0.05) is 21.7 Å². The summed E-state index contributed by atoms with van der Waals surface area (Å²) in [6, 6.07) is 17.6. The Labute approximate surface area is 172 Å². The zero-order chi connectivity index (χ0) is 19.5. The van der Waals surface area contributed by atoms with Crippen LogP contribution in [0.25, 0.3) is 10.2 Å². The number of fused-ring (bicyclic) bond motifs is 1. The summed E-state index contributed by atoms with van der Waals surface area (Å²) >= 11 is 3.19. The van der Waals surface area contributed by atoms with Crippen molar-refractivity contribution in [3.63, 3.8) is 0 Å². The van der Waals surface area contributed by atoms with E-state index in [9.17, 15) is 4.79 Å². The van der Waals surface area contributed by atoms with Gasteiger partial charge in [0.05, 0.1) is 5.56 Å². The molecule has 0 aliphatic heterocycles. The molecular formula is C22H19N3OS2. The lowest BCUT2D eigenvalue weighted by atomic mass is 10.2. The highest BCUT2D eigenvalue weighted by Crippen LogP contribution is 2.38. The number of nitrogens with one attached hydrogen (secondary N) is 1. The van der Waals surface area contributed by atoms with E-state index in [4.69, 9.17) is 0 Å². The van der Waals surface area contributed by atoms with E-state index in [-0.39, 0.29) is 5.91 Å². The molecular weight excluding hydrogens is 386 g/mol. The summed E-state index contributed by atoms with van der Waals surface area (Å²) in [5.41, 5.74) is 2.93. The van der Waals surface area contributed by atoms with Gasteiger partial charge in [0.25, 0.3) is 5.91 Å². The van der Waals surface area contributed by atoms with Crippen LogP contribution in [0.2, 0.25) is 0 Å². The monoisotopic (exact) mass is 405 g/mol. The highest BCUT2D eigenvalue weighted by atomic mass is 32.2. The molecule has 6 heteroatoms. The Bertz CT molecular complexity index is 1140. The van der Waals surface area contributed by atoms with Crippen LogP contribution in [-0.2, 0) is 6.54 Å². The smallest absolute Gasteiger partial charge is 0.252 e. The van der Waals surface area contributed by atoms with Gasteiger partial charge in [-0.2, -0.15) is 0 Å². The average molecular weight is 406 g/mol. The maximum Gasteiger partial charge on any atom is 0.252 e. The third-order valence-electron chi connectivity index (χ3n) is 4.56. The molecule has 4 nitrogen and oxygen atoms in total. The molecule has 1 N–H and O–H groups in total. The number of rotatable bonds is 5. The topological polar surface area (TPSA) is 54.9 Å². The molecule has 0 fully saturated rings.